The molecule has 0 bridgehead atoms. The second-order valence-electron chi connectivity index (χ2n) is 3.96. The minimum Gasteiger partial charge on any atom is -0.282 e. The normalized spacial score (nSPS) is 11.9. The number of aliphatic imine (C=N–C) groups is 1. The van der Waals surface area contributed by atoms with Gasteiger partial charge in [-0.15, -0.1) is 0 Å². The lowest BCUT2D eigenvalue weighted by molar-refractivity contribution is 0.483. The summed E-state index contributed by atoms with van der Waals surface area (Å²) in [5.41, 5.74) is 1.51. The van der Waals surface area contributed by atoms with Gasteiger partial charge >= 0.3 is 0 Å². The molecule has 1 aromatic carbocycles. The lowest BCUT2D eigenvalue weighted by Gasteiger charge is -2.03. The van der Waals surface area contributed by atoms with E-state index < -0.39 is 10.1 Å². The van der Waals surface area contributed by atoms with Crippen molar-refractivity contribution in [3.63, 3.8) is 0 Å². The molecule has 2 rings (SSSR count). The Bertz CT molecular complexity index is 710. The average Bonchev–Trinajstić information content (AvgIpc) is 2.37. The topological polar surface area (TPSA) is 79.6 Å². The predicted octanol–water partition coefficient (Wildman–Crippen LogP) is 2.39. The van der Waals surface area contributed by atoms with Crippen LogP contribution in [0.15, 0.2) is 52.5 Å². The first-order chi connectivity index (χ1) is 8.97. The van der Waals surface area contributed by atoms with Crippen molar-refractivity contribution in [2.45, 2.75) is 11.8 Å². The van der Waals surface area contributed by atoms with Crippen LogP contribution in [-0.4, -0.2) is 24.2 Å². The van der Waals surface area contributed by atoms with Gasteiger partial charge in [0.1, 0.15) is 4.90 Å². The first-order valence-corrected chi connectivity index (χ1v) is 6.94. The largest absolute Gasteiger partial charge is 0.296 e. The zero-order valence-electron chi connectivity index (χ0n) is 10.2. The van der Waals surface area contributed by atoms with Crippen molar-refractivity contribution < 1.29 is 13.0 Å². The highest BCUT2D eigenvalue weighted by atomic mass is 32.2. The molecular weight excluding hydrogens is 264 g/mol. The van der Waals surface area contributed by atoms with Crippen LogP contribution in [0.1, 0.15) is 11.3 Å². The second-order valence-corrected chi connectivity index (χ2v) is 5.35. The zero-order chi connectivity index (χ0) is 13.9. The van der Waals surface area contributed by atoms with Crippen LogP contribution >= 0.6 is 0 Å². The van der Waals surface area contributed by atoms with Gasteiger partial charge in [0.25, 0.3) is 10.1 Å². The molecule has 0 spiro atoms. The highest BCUT2D eigenvalue weighted by molar-refractivity contribution is 7.86. The molecule has 0 saturated carbocycles. The van der Waals surface area contributed by atoms with Gasteiger partial charge in [-0.1, -0.05) is 12.1 Å². The molecule has 1 aromatic heterocycles. The molecule has 0 amide bonds. The summed E-state index contributed by atoms with van der Waals surface area (Å²) in [5.74, 6) is 0. The van der Waals surface area contributed by atoms with Gasteiger partial charge in [0.15, 0.2) is 0 Å². The summed E-state index contributed by atoms with van der Waals surface area (Å²) in [4.78, 5) is 7.89. The Kier molecular flexibility index (Phi) is 3.73. The molecule has 0 fully saturated rings. The Morgan fingerprint density at radius 3 is 2.68 bits per heavy atom. The summed E-state index contributed by atoms with van der Waals surface area (Å²) in [7, 11) is -4.29. The van der Waals surface area contributed by atoms with Gasteiger partial charge in [0, 0.05) is 6.20 Å². The van der Waals surface area contributed by atoms with Crippen LogP contribution in [0.25, 0.3) is 0 Å². The van der Waals surface area contributed by atoms with E-state index in [0.29, 0.717) is 5.69 Å². The fourth-order valence-corrected chi connectivity index (χ4v) is 2.24. The van der Waals surface area contributed by atoms with Gasteiger partial charge in [-0.05, 0) is 36.8 Å². The monoisotopic (exact) mass is 276 g/mol. The molecule has 0 aliphatic carbocycles. The van der Waals surface area contributed by atoms with Gasteiger partial charge < -0.3 is 0 Å². The molecule has 98 valence electrons. The zero-order valence-corrected chi connectivity index (χ0v) is 11.0. The van der Waals surface area contributed by atoms with Crippen molar-refractivity contribution in [2.24, 2.45) is 4.99 Å². The van der Waals surface area contributed by atoms with Crippen molar-refractivity contribution in [3.05, 3.63) is 53.9 Å². The fourth-order valence-electron chi connectivity index (χ4n) is 1.52. The van der Waals surface area contributed by atoms with Gasteiger partial charge in [0.2, 0.25) is 0 Å². The van der Waals surface area contributed by atoms with E-state index >= 15 is 0 Å². The molecular formula is C13H12N2O3S. The maximum absolute atomic E-state index is 11.3. The number of benzene rings is 1. The third-order valence-electron chi connectivity index (χ3n) is 2.42. The predicted molar refractivity (Wildman–Crippen MR) is 72.5 cm³/mol. The van der Waals surface area contributed by atoms with E-state index in [1.54, 1.807) is 37.4 Å². The van der Waals surface area contributed by atoms with Crippen molar-refractivity contribution in [2.75, 3.05) is 0 Å². The van der Waals surface area contributed by atoms with E-state index in [2.05, 4.69) is 9.98 Å². The van der Waals surface area contributed by atoms with Gasteiger partial charge in [-0.3, -0.25) is 14.5 Å². The minimum absolute atomic E-state index is 0.179. The maximum atomic E-state index is 11.3. The molecule has 0 saturated heterocycles. The molecule has 5 nitrogen and oxygen atoms in total. The van der Waals surface area contributed by atoms with E-state index in [1.807, 2.05) is 0 Å². The summed E-state index contributed by atoms with van der Waals surface area (Å²) < 4.78 is 31.7. The van der Waals surface area contributed by atoms with Crippen LogP contribution in [0.5, 0.6) is 0 Å². The third kappa shape index (κ3) is 3.46. The number of nitrogens with zero attached hydrogens (tertiary/aromatic N) is 2. The molecule has 2 aromatic rings. The molecule has 19 heavy (non-hydrogen) atoms. The molecule has 0 atom stereocenters. The number of aryl methyl sites for hydroxylation is 1. The standard InChI is InChI=1S/C13H12N2O3S/c1-10-5-6-12(13(8-10)19(16,17)18)15-9-11-4-2-3-7-14-11/h2-9H,1H3,(H,16,17,18). The number of rotatable bonds is 3. The van der Waals surface area contributed by atoms with Crippen molar-refractivity contribution >= 4 is 22.0 Å². The number of hydrogen-bond acceptors (Lipinski definition) is 4. The SMILES string of the molecule is Cc1ccc(N=Cc2ccccn2)c(S(=O)(=O)O)c1. The van der Waals surface area contributed by atoms with Gasteiger partial charge in [-0.2, -0.15) is 8.42 Å². The van der Waals surface area contributed by atoms with Crippen molar-refractivity contribution in [1.82, 2.24) is 4.98 Å². The van der Waals surface area contributed by atoms with Crippen LogP contribution < -0.4 is 0 Å². The number of hydrogen-bond donors (Lipinski definition) is 1. The third-order valence-corrected chi connectivity index (χ3v) is 3.30. The van der Waals surface area contributed by atoms with E-state index in [1.165, 1.54) is 18.3 Å². The molecule has 1 N–H and O–H groups in total. The smallest absolute Gasteiger partial charge is 0.282 e. The summed E-state index contributed by atoms with van der Waals surface area (Å²) in [6, 6.07) is 9.95. The molecule has 1 heterocycles. The van der Waals surface area contributed by atoms with Gasteiger partial charge in [0.05, 0.1) is 17.6 Å². The first kappa shape index (κ1) is 13.4. The van der Waals surface area contributed by atoms with Crippen LogP contribution in [0.4, 0.5) is 5.69 Å². The van der Waals surface area contributed by atoms with E-state index in [9.17, 15) is 13.0 Å². The van der Waals surface area contributed by atoms with Gasteiger partial charge in [-0.25, -0.2) is 0 Å². The Labute approximate surface area is 111 Å². The number of aromatic nitrogens is 1. The summed E-state index contributed by atoms with van der Waals surface area (Å²) >= 11 is 0. The second kappa shape index (κ2) is 5.29. The Hall–Kier alpha value is -2.05. The highest BCUT2D eigenvalue weighted by Crippen LogP contribution is 2.25. The fraction of sp³-hybridized carbons (Fsp3) is 0.0769. The molecule has 0 aliphatic heterocycles. The highest BCUT2D eigenvalue weighted by Gasteiger charge is 2.14. The minimum atomic E-state index is -4.29. The molecule has 0 unspecified atom stereocenters. The first-order valence-electron chi connectivity index (χ1n) is 5.50. The van der Waals surface area contributed by atoms with E-state index in [-0.39, 0.29) is 10.6 Å². The van der Waals surface area contributed by atoms with Crippen LogP contribution in [0, 0.1) is 6.92 Å². The van der Waals surface area contributed by atoms with E-state index in [4.69, 9.17) is 0 Å². The number of pyridine rings is 1. The quantitative estimate of drug-likeness (QED) is 0.689. The molecule has 6 heteroatoms. The van der Waals surface area contributed by atoms with E-state index in [0.717, 1.165) is 5.56 Å². The molecule has 0 aliphatic rings. The Balaban J connectivity index is 2.44. The van der Waals surface area contributed by atoms with Crippen LogP contribution in [0.3, 0.4) is 0 Å². The van der Waals surface area contributed by atoms with Crippen LogP contribution in [0.2, 0.25) is 0 Å². The summed E-state index contributed by atoms with van der Waals surface area (Å²) in [6.07, 6.45) is 3.06. The molecule has 0 radical (unpaired) electrons. The Morgan fingerprint density at radius 2 is 2.05 bits per heavy atom. The van der Waals surface area contributed by atoms with Crippen LogP contribution in [-0.2, 0) is 10.1 Å². The lowest BCUT2D eigenvalue weighted by Crippen LogP contribution is -1.99. The average molecular weight is 276 g/mol. The maximum Gasteiger partial charge on any atom is 0.296 e. The summed E-state index contributed by atoms with van der Waals surface area (Å²) in [5, 5.41) is 0. The summed E-state index contributed by atoms with van der Waals surface area (Å²) in [6.45, 7) is 1.74. The van der Waals surface area contributed by atoms with Crippen molar-refractivity contribution in [3.8, 4) is 0 Å². The van der Waals surface area contributed by atoms with Crippen molar-refractivity contribution in [1.29, 1.82) is 0 Å². The Morgan fingerprint density at radius 1 is 1.26 bits per heavy atom. The lowest BCUT2D eigenvalue weighted by atomic mass is 10.2.